The van der Waals surface area contributed by atoms with Gasteiger partial charge in [-0.1, -0.05) is 18.2 Å². The fourth-order valence-corrected chi connectivity index (χ4v) is 1.27. The summed E-state index contributed by atoms with van der Waals surface area (Å²) in [4.78, 5) is 4.10. The highest BCUT2D eigenvalue weighted by molar-refractivity contribution is 5.16. The summed E-state index contributed by atoms with van der Waals surface area (Å²) in [5.74, 6) is -0.423. The highest BCUT2D eigenvalue weighted by Crippen LogP contribution is 2.13. The minimum absolute atomic E-state index is 0.0346. The number of hydroxylamine groups is 1. The van der Waals surface area contributed by atoms with E-state index in [2.05, 4.69) is 4.84 Å². The van der Waals surface area contributed by atoms with E-state index in [1.54, 1.807) is 6.07 Å². The van der Waals surface area contributed by atoms with Gasteiger partial charge in [0.2, 0.25) is 0 Å². The average molecular weight is 297 g/mol. The second-order valence-corrected chi connectivity index (χ2v) is 4.01. The third-order valence-corrected chi connectivity index (χ3v) is 2.18. The van der Waals surface area contributed by atoms with Crippen LogP contribution in [-0.4, -0.2) is 37.1 Å². The lowest BCUT2D eigenvalue weighted by Gasteiger charge is -2.13. The normalized spacial score (nSPS) is 13.4. The third kappa shape index (κ3) is 7.39. The molecule has 0 aliphatic heterocycles. The van der Waals surface area contributed by atoms with Crippen LogP contribution in [0.15, 0.2) is 24.3 Å². The van der Waals surface area contributed by atoms with Gasteiger partial charge in [-0.25, -0.2) is 4.39 Å². The molecular weight excluding hydrogens is 282 g/mol. The van der Waals surface area contributed by atoms with Gasteiger partial charge in [-0.05, 0) is 6.07 Å². The quantitative estimate of drug-likeness (QED) is 0.436. The Hall–Kier alpha value is -1.22. The number of benzene rings is 1. The van der Waals surface area contributed by atoms with E-state index in [1.807, 2.05) is 5.48 Å². The van der Waals surface area contributed by atoms with Gasteiger partial charge in [0, 0.05) is 12.1 Å². The number of hydrogen-bond acceptors (Lipinski definition) is 4. The maximum Gasteiger partial charge on any atom is 0.413 e. The van der Waals surface area contributed by atoms with Gasteiger partial charge in [0.1, 0.15) is 5.82 Å². The Labute approximate surface area is 113 Å². The second-order valence-electron chi connectivity index (χ2n) is 4.01. The van der Waals surface area contributed by atoms with E-state index >= 15 is 0 Å². The molecule has 4 nitrogen and oxygen atoms in total. The molecule has 0 saturated carbocycles. The predicted octanol–water partition coefficient (Wildman–Crippen LogP) is 1.79. The SMILES string of the molecule is OC(CNOCC(F)(F)F)COCc1ccccc1F. The van der Waals surface area contributed by atoms with E-state index < -0.39 is 24.7 Å². The molecule has 0 bridgehead atoms. The van der Waals surface area contributed by atoms with E-state index in [1.165, 1.54) is 18.2 Å². The molecule has 0 aliphatic carbocycles. The summed E-state index contributed by atoms with van der Waals surface area (Å²) >= 11 is 0. The molecule has 114 valence electrons. The summed E-state index contributed by atoms with van der Waals surface area (Å²) in [6, 6.07) is 5.99. The van der Waals surface area contributed by atoms with Gasteiger partial charge in [-0.3, -0.25) is 4.84 Å². The summed E-state index contributed by atoms with van der Waals surface area (Å²) in [6.07, 6.45) is -5.49. The van der Waals surface area contributed by atoms with Crippen LogP contribution in [0.4, 0.5) is 17.6 Å². The minimum atomic E-state index is -4.43. The van der Waals surface area contributed by atoms with Gasteiger partial charge < -0.3 is 9.84 Å². The predicted molar refractivity (Wildman–Crippen MR) is 62.1 cm³/mol. The van der Waals surface area contributed by atoms with Crippen molar-refractivity contribution in [3.05, 3.63) is 35.6 Å². The monoisotopic (exact) mass is 297 g/mol. The lowest BCUT2D eigenvalue weighted by Crippen LogP contribution is -2.33. The van der Waals surface area contributed by atoms with Crippen molar-refractivity contribution in [1.82, 2.24) is 5.48 Å². The smallest absolute Gasteiger partial charge is 0.389 e. The number of nitrogens with one attached hydrogen (secondary N) is 1. The maximum absolute atomic E-state index is 13.2. The van der Waals surface area contributed by atoms with Crippen LogP contribution in [0.3, 0.4) is 0 Å². The van der Waals surface area contributed by atoms with Crippen molar-refractivity contribution in [2.24, 2.45) is 0 Å². The Bertz CT molecular complexity index is 401. The molecule has 1 rings (SSSR count). The van der Waals surface area contributed by atoms with Crippen LogP contribution < -0.4 is 5.48 Å². The summed E-state index contributed by atoms with van der Waals surface area (Å²) in [5.41, 5.74) is 2.31. The lowest BCUT2D eigenvalue weighted by molar-refractivity contribution is -0.191. The van der Waals surface area contributed by atoms with Crippen molar-refractivity contribution in [2.75, 3.05) is 19.8 Å². The first-order valence-corrected chi connectivity index (χ1v) is 5.79. The number of rotatable bonds is 8. The van der Waals surface area contributed by atoms with E-state index in [-0.39, 0.29) is 19.8 Å². The molecule has 0 heterocycles. The van der Waals surface area contributed by atoms with Crippen LogP contribution in [0.2, 0.25) is 0 Å². The van der Waals surface area contributed by atoms with E-state index in [0.29, 0.717) is 5.56 Å². The lowest BCUT2D eigenvalue weighted by atomic mass is 10.2. The van der Waals surface area contributed by atoms with E-state index in [0.717, 1.165) is 0 Å². The molecular formula is C12H15F4NO3. The topological polar surface area (TPSA) is 50.7 Å². The van der Waals surface area contributed by atoms with Crippen LogP contribution in [0, 0.1) is 5.82 Å². The first kappa shape index (κ1) is 16.8. The first-order valence-electron chi connectivity index (χ1n) is 5.79. The Morgan fingerprint density at radius 2 is 1.95 bits per heavy atom. The summed E-state index contributed by atoms with van der Waals surface area (Å²) in [5, 5.41) is 9.38. The molecule has 0 aliphatic rings. The molecule has 1 aromatic rings. The molecule has 0 fully saturated rings. The summed E-state index contributed by atoms with van der Waals surface area (Å²) in [6.45, 7) is -1.87. The highest BCUT2D eigenvalue weighted by atomic mass is 19.4. The van der Waals surface area contributed by atoms with Crippen molar-refractivity contribution in [2.45, 2.75) is 18.9 Å². The molecule has 0 saturated heterocycles. The number of halogens is 4. The molecule has 0 aromatic heterocycles. The molecule has 2 N–H and O–H groups in total. The second kappa shape index (κ2) is 8.15. The van der Waals surface area contributed by atoms with E-state index in [4.69, 9.17) is 4.74 Å². The standard InChI is InChI=1S/C12H15F4NO3/c13-11-4-2-1-3-9(11)6-19-7-10(18)5-17-20-8-12(14,15)16/h1-4,10,17-18H,5-8H2. The van der Waals surface area contributed by atoms with Crippen LogP contribution in [-0.2, 0) is 16.2 Å². The largest absolute Gasteiger partial charge is 0.413 e. The maximum atomic E-state index is 13.2. The van der Waals surface area contributed by atoms with Gasteiger partial charge in [-0.2, -0.15) is 18.7 Å². The molecule has 1 unspecified atom stereocenters. The van der Waals surface area contributed by atoms with Crippen LogP contribution in [0.25, 0.3) is 0 Å². The minimum Gasteiger partial charge on any atom is -0.389 e. The number of hydrogen-bond donors (Lipinski definition) is 2. The fraction of sp³-hybridized carbons (Fsp3) is 0.500. The van der Waals surface area contributed by atoms with Crippen molar-refractivity contribution in [1.29, 1.82) is 0 Å². The Balaban J connectivity index is 2.11. The molecule has 0 spiro atoms. The van der Waals surface area contributed by atoms with Gasteiger partial charge in [0.05, 0.1) is 19.3 Å². The average Bonchev–Trinajstić information content (AvgIpc) is 2.36. The van der Waals surface area contributed by atoms with Gasteiger partial charge >= 0.3 is 6.18 Å². The number of ether oxygens (including phenoxy) is 1. The van der Waals surface area contributed by atoms with Gasteiger partial charge in [-0.15, -0.1) is 0 Å². The zero-order chi connectivity index (χ0) is 15.0. The molecule has 1 atom stereocenters. The zero-order valence-electron chi connectivity index (χ0n) is 10.5. The molecule has 8 heteroatoms. The van der Waals surface area contributed by atoms with Crippen LogP contribution in [0.1, 0.15) is 5.56 Å². The number of aliphatic hydroxyl groups excluding tert-OH is 1. The van der Waals surface area contributed by atoms with Crippen molar-refractivity contribution in [3.63, 3.8) is 0 Å². The fourth-order valence-electron chi connectivity index (χ4n) is 1.27. The first-order chi connectivity index (χ1) is 9.38. The van der Waals surface area contributed by atoms with Crippen molar-refractivity contribution in [3.8, 4) is 0 Å². The molecule has 1 aromatic carbocycles. The van der Waals surface area contributed by atoms with Gasteiger partial charge in [0.25, 0.3) is 0 Å². The Kier molecular flexibility index (Phi) is 6.86. The van der Waals surface area contributed by atoms with E-state index in [9.17, 15) is 22.7 Å². The van der Waals surface area contributed by atoms with Crippen LogP contribution in [0.5, 0.6) is 0 Å². The number of alkyl halides is 3. The Morgan fingerprint density at radius 3 is 2.60 bits per heavy atom. The van der Waals surface area contributed by atoms with Crippen molar-refractivity contribution >= 4 is 0 Å². The summed E-state index contributed by atoms with van der Waals surface area (Å²) in [7, 11) is 0. The molecule has 0 radical (unpaired) electrons. The summed E-state index contributed by atoms with van der Waals surface area (Å²) < 4.78 is 53.4. The zero-order valence-corrected chi connectivity index (χ0v) is 10.5. The highest BCUT2D eigenvalue weighted by Gasteiger charge is 2.27. The van der Waals surface area contributed by atoms with Gasteiger partial charge in [0.15, 0.2) is 6.61 Å². The van der Waals surface area contributed by atoms with Crippen LogP contribution >= 0.6 is 0 Å². The molecule has 0 amide bonds. The molecule has 20 heavy (non-hydrogen) atoms. The number of aliphatic hydroxyl groups is 1. The van der Waals surface area contributed by atoms with Crippen molar-refractivity contribution < 1.29 is 32.2 Å². The Morgan fingerprint density at radius 1 is 1.25 bits per heavy atom. The third-order valence-electron chi connectivity index (χ3n) is 2.18.